The quantitative estimate of drug-likeness (QED) is 0.864. The zero-order valence-electron chi connectivity index (χ0n) is 11.2. The molecular weight excluding hydrogens is 263 g/mol. The molecule has 108 valence electrons. The molecule has 0 atom stereocenters. The molecule has 1 aromatic rings. The maximum Gasteiger partial charge on any atom is 0.317 e. The van der Waals surface area contributed by atoms with Crippen molar-refractivity contribution in [3.05, 3.63) is 35.6 Å². The van der Waals surface area contributed by atoms with Crippen LogP contribution in [0.1, 0.15) is 18.4 Å². The van der Waals surface area contributed by atoms with Crippen LogP contribution in [0.25, 0.3) is 0 Å². The van der Waals surface area contributed by atoms with E-state index in [0.717, 1.165) is 0 Å². The van der Waals surface area contributed by atoms with Gasteiger partial charge < -0.3 is 15.3 Å². The Bertz CT molecular complexity index is 529. The first kappa shape index (κ1) is 14.3. The van der Waals surface area contributed by atoms with Crippen molar-refractivity contribution in [3.63, 3.8) is 0 Å². The lowest BCUT2D eigenvalue weighted by molar-refractivity contribution is -0.143. The Kier molecular flexibility index (Phi) is 3.92. The van der Waals surface area contributed by atoms with Crippen LogP contribution < -0.4 is 5.32 Å². The minimum Gasteiger partial charge on any atom is -0.481 e. The fraction of sp³-hybridized carbons (Fsp3) is 0.429. The van der Waals surface area contributed by atoms with E-state index in [0.29, 0.717) is 18.4 Å². The monoisotopic (exact) mass is 280 g/mol. The van der Waals surface area contributed by atoms with Crippen molar-refractivity contribution in [2.75, 3.05) is 13.6 Å². The van der Waals surface area contributed by atoms with E-state index in [1.54, 1.807) is 25.2 Å². The molecule has 1 aliphatic rings. The minimum atomic E-state index is -0.880. The van der Waals surface area contributed by atoms with Gasteiger partial charge in [0.15, 0.2) is 0 Å². The molecule has 1 fully saturated rings. The van der Waals surface area contributed by atoms with Crippen molar-refractivity contribution in [1.82, 2.24) is 10.2 Å². The highest BCUT2D eigenvalue weighted by molar-refractivity contribution is 5.80. The minimum absolute atomic E-state index is 0.114. The number of hydrogen-bond acceptors (Lipinski definition) is 2. The Morgan fingerprint density at radius 3 is 2.60 bits per heavy atom. The number of benzene rings is 1. The number of nitrogens with zero attached hydrogens (tertiary/aromatic N) is 1. The first-order chi connectivity index (χ1) is 9.44. The van der Waals surface area contributed by atoms with Crippen LogP contribution in [-0.4, -0.2) is 35.6 Å². The second kappa shape index (κ2) is 5.48. The van der Waals surface area contributed by atoms with E-state index in [2.05, 4.69) is 5.32 Å². The summed E-state index contributed by atoms with van der Waals surface area (Å²) in [5.41, 5.74) is -0.376. The van der Waals surface area contributed by atoms with Gasteiger partial charge in [0.05, 0.1) is 5.41 Å². The molecule has 0 unspecified atom stereocenters. The lowest BCUT2D eigenvalue weighted by Gasteiger charge is -2.20. The van der Waals surface area contributed by atoms with Gasteiger partial charge in [-0.25, -0.2) is 9.18 Å². The number of aliphatic carboxylic acids is 1. The van der Waals surface area contributed by atoms with Gasteiger partial charge in [-0.05, 0) is 18.9 Å². The number of carboxylic acids is 1. The molecule has 0 saturated heterocycles. The Hall–Kier alpha value is -2.11. The SMILES string of the molecule is CN(Cc1ccccc1F)C(=O)NCC1(C(=O)O)CC1. The van der Waals surface area contributed by atoms with Crippen molar-refractivity contribution in [2.45, 2.75) is 19.4 Å². The number of carboxylic acid groups (broad SMARTS) is 1. The molecule has 0 heterocycles. The third kappa shape index (κ3) is 3.07. The predicted molar refractivity (Wildman–Crippen MR) is 70.6 cm³/mol. The summed E-state index contributed by atoms with van der Waals surface area (Å²) in [6.07, 6.45) is 1.17. The third-order valence-electron chi connectivity index (χ3n) is 3.60. The summed E-state index contributed by atoms with van der Waals surface area (Å²) in [7, 11) is 1.54. The zero-order valence-corrected chi connectivity index (χ0v) is 11.2. The van der Waals surface area contributed by atoms with E-state index in [4.69, 9.17) is 5.11 Å². The van der Waals surface area contributed by atoms with Gasteiger partial charge >= 0.3 is 12.0 Å². The molecular formula is C14H17FN2O3. The first-order valence-electron chi connectivity index (χ1n) is 6.40. The molecule has 1 aliphatic carbocycles. The second-order valence-electron chi connectivity index (χ2n) is 5.19. The lowest BCUT2D eigenvalue weighted by Crippen LogP contribution is -2.41. The summed E-state index contributed by atoms with van der Waals surface area (Å²) in [4.78, 5) is 24.2. The largest absolute Gasteiger partial charge is 0.481 e. The van der Waals surface area contributed by atoms with Crippen LogP contribution in [0.5, 0.6) is 0 Å². The van der Waals surface area contributed by atoms with E-state index >= 15 is 0 Å². The van der Waals surface area contributed by atoms with Gasteiger partial charge in [-0.1, -0.05) is 18.2 Å². The molecule has 2 amide bonds. The number of carbonyl (C=O) groups excluding carboxylic acids is 1. The summed E-state index contributed by atoms with van der Waals surface area (Å²) in [5, 5.41) is 11.6. The maximum atomic E-state index is 13.5. The average Bonchev–Trinajstić information content (AvgIpc) is 3.20. The van der Waals surface area contributed by atoms with Gasteiger partial charge in [-0.2, -0.15) is 0 Å². The Morgan fingerprint density at radius 1 is 1.40 bits per heavy atom. The maximum absolute atomic E-state index is 13.5. The normalized spacial score (nSPS) is 15.5. The highest BCUT2D eigenvalue weighted by atomic mass is 19.1. The van der Waals surface area contributed by atoms with E-state index in [1.165, 1.54) is 11.0 Å². The molecule has 2 rings (SSSR count). The summed E-state index contributed by atoms with van der Waals surface area (Å²) in [6.45, 7) is 0.251. The molecule has 0 radical (unpaired) electrons. The van der Waals surface area contributed by atoms with Crippen LogP contribution in [0.3, 0.4) is 0 Å². The van der Waals surface area contributed by atoms with Crippen LogP contribution >= 0.6 is 0 Å². The number of carbonyl (C=O) groups is 2. The van der Waals surface area contributed by atoms with Crippen molar-refractivity contribution >= 4 is 12.0 Å². The molecule has 1 aromatic carbocycles. The van der Waals surface area contributed by atoms with Crippen LogP contribution in [-0.2, 0) is 11.3 Å². The van der Waals surface area contributed by atoms with Gasteiger partial charge in [0.2, 0.25) is 0 Å². The molecule has 20 heavy (non-hydrogen) atoms. The van der Waals surface area contributed by atoms with E-state index in [9.17, 15) is 14.0 Å². The Balaban J connectivity index is 1.87. The van der Waals surface area contributed by atoms with Gasteiger partial charge in [-0.15, -0.1) is 0 Å². The van der Waals surface area contributed by atoms with Crippen molar-refractivity contribution < 1.29 is 19.1 Å². The van der Waals surface area contributed by atoms with Crippen LogP contribution in [0.4, 0.5) is 9.18 Å². The molecule has 5 nitrogen and oxygen atoms in total. The smallest absolute Gasteiger partial charge is 0.317 e. The Morgan fingerprint density at radius 2 is 2.05 bits per heavy atom. The molecule has 0 spiro atoms. The fourth-order valence-electron chi connectivity index (χ4n) is 1.95. The molecule has 6 heteroatoms. The highest BCUT2D eigenvalue weighted by Crippen LogP contribution is 2.45. The topological polar surface area (TPSA) is 69.6 Å². The predicted octanol–water partition coefficient (Wildman–Crippen LogP) is 1.83. The van der Waals surface area contributed by atoms with Gasteiger partial charge in [0.25, 0.3) is 0 Å². The molecule has 2 N–H and O–H groups in total. The number of rotatable bonds is 5. The third-order valence-corrected chi connectivity index (χ3v) is 3.60. The van der Waals surface area contributed by atoms with Gasteiger partial charge in [0.1, 0.15) is 5.82 Å². The molecule has 0 aromatic heterocycles. The summed E-state index contributed by atoms with van der Waals surface area (Å²) in [6, 6.07) is 5.83. The van der Waals surface area contributed by atoms with E-state index in [1.807, 2.05) is 0 Å². The number of hydrogen-bond donors (Lipinski definition) is 2. The summed E-state index contributed by atoms with van der Waals surface area (Å²) >= 11 is 0. The molecule has 0 bridgehead atoms. The highest BCUT2D eigenvalue weighted by Gasteiger charge is 2.50. The summed E-state index contributed by atoms with van der Waals surface area (Å²) in [5.74, 6) is -1.24. The van der Waals surface area contributed by atoms with Gasteiger partial charge in [0, 0.05) is 25.7 Å². The molecule has 0 aliphatic heterocycles. The Labute approximate surface area is 116 Å². The van der Waals surface area contributed by atoms with Gasteiger partial charge in [-0.3, -0.25) is 4.79 Å². The fourth-order valence-corrected chi connectivity index (χ4v) is 1.95. The first-order valence-corrected chi connectivity index (χ1v) is 6.40. The number of amides is 2. The van der Waals surface area contributed by atoms with E-state index < -0.39 is 17.4 Å². The lowest BCUT2D eigenvalue weighted by atomic mass is 10.1. The number of urea groups is 1. The van der Waals surface area contributed by atoms with Crippen LogP contribution in [0.2, 0.25) is 0 Å². The molecule has 1 saturated carbocycles. The number of nitrogens with one attached hydrogen (secondary N) is 1. The van der Waals surface area contributed by atoms with Crippen LogP contribution in [0, 0.1) is 11.2 Å². The summed E-state index contributed by atoms with van der Waals surface area (Å²) < 4.78 is 13.5. The second-order valence-corrected chi connectivity index (χ2v) is 5.19. The van der Waals surface area contributed by atoms with E-state index in [-0.39, 0.29) is 18.9 Å². The standard InChI is InChI=1S/C14H17FN2O3/c1-17(8-10-4-2-3-5-11(10)15)13(20)16-9-14(6-7-14)12(18)19/h2-5H,6-9H2,1H3,(H,16,20)(H,18,19). The number of halogens is 1. The van der Waals surface area contributed by atoms with Crippen molar-refractivity contribution in [2.24, 2.45) is 5.41 Å². The van der Waals surface area contributed by atoms with Crippen molar-refractivity contribution in [1.29, 1.82) is 0 Å². The van der Waals surface area contributed by atoms with Crippen LogP contribution in [0.15, 0.2) is 24.3 Å². The zero-order chi connectivity index (χ0) is 14.8. The van der Waals surface area contributed by atoms with Crippen molar-refractivity contribution in [3.8, 4) is 0 Å². The average molecular weight is 280 g/mol.